The molecule has 11 rings (SSSR count). The Hall–Kier alpha value is -7.68. The van der Waals surface area contributed by atoms with E-state index in [1.165, 1.54) is 60.5 Å². The lowest BCUT2D eigenvalue weighted by atomic mass is 9.97. The Morgan fingerprint density at radius 3 is 1.17 bits per heavy atom. The van der Waals surface area contributed by atoms with Gasteiger partial charge in [-0.05, 0) is 125 Å². The molecular weight excluding hydrogens is 787 g/mol. The number of anilines is 3. The summed E-state index contributed by atoms with van der Waals surface area (Å²) in [5, 5.41) is 7.14. The van der Waals surface area contributed by atoms with Crippen LogP contribution in [0.1, 0.15) is 44.4 Å². The lowest BCUT2D eigenvalue weighted by Crippen LogP contribution is -2.11. The molecule has 0 atom stereocenters. The van der Waals surface area contributed by atoms with Crippen LogP contribution in [0.4, 0.5) is 17.1 Å². The average molecular weight is 844 g/mol. The summed E-state index contributed by atoms with van der Waals surface area (Å²) in [5.74, 6) is 0. The number of aryl methyl sites for hydroxylation is 3. The Morgan fingerprint density at radius 1 is 0.323 bits per heavy atom. The monoisotopic (exact) mass is 843 g/mol. The molecular formula is C63H57NO. The van der Waals surface area contributed by atoms with Crippen LogP contribution in [0.25, 0.3) is 76.9 Å². The van der Waals surface area contributed by atoms with E-state index in [0.717, 1.165) is 50.1 Å². The summed E-state index contributed by atoms with van der Waals surface area (Å²) in [6.07, 6.45) is 0. The standard InChI is InChI=1S/C45H31NO.C14H14.2C2H6/c1-30-16-18-31(19-17-30)35-22-26-44-40(28-35)41-29-36(23-27-45(41)47-44)32-20-24-37(25-21-32)46(42-14-6-10-33-8-2-4-12-38(33)42)43-15-7-11-34-9-3-5-13-39(34)43;1-11-7-3-5-9-13(11)14-10-6-4-8-12(14)2;2*1-2/h2-29H,1H3;3-10H,1-2H3;2*1-2H3. The van der Waals surface area contributed by atoms with E-state index in [1.807, 2.05) is 27.7 Å². The van der Waals surface area contributed by atoms with Gasteiger partial charge < -0.3 is 9.32 Å². The summed E-state index contributed by atoms with van der Waals surface area (Å²) < 4.78 is 6.27. The molecule has 1 aromatic heterocycles. The normalized spacial score (nSPS) is 10.7. The minimum atomic E-state index is 0.902. The Kier molecular flexibility index (Phi) is 13.7. The quantitative estimate of drug-likeness (QED) is 0.166. The van der Waals surface area contributed by atoms with E-state index < -0.39 is 0 Å². The second-order valence-electron chi connectivity index (χ2n) is 15.9. The minimum absolute atomic E-state index is 0.902. The van der Waals surface area contributed by atoms with Crippen molar-refractivity contribution in [2.45, 2.75) is 48.5 Å². The van der Waals surface area contributed by atoms with E-state index in [2.05, 4.69) is 244 Å². The van der Waals surface area contributed by atoms with Gasteiger partial charge in [-0.25, -0.2) is 0 Å². The van der Waals surface area contributed by atoms with Crippen LogP contribution in [-0.2, 0) is 0 Å². The Bertz CT molecular complexity index is 3200. The van der Waals surface area contributed by atoms with Crippen LogP contribution in [0, 0.1) is 20.8 Å². The van der Waals surface area contributed by atoms with E-state index in [9.17, 15) is 0 Å². The lowest BCUT2D eigenvalue weighted by Gasteiger charge is -2.28. The van der Waals surface area contributed by atoms with Crippen molar-refractivity contribution in [3.63, 3.8) is 0 Å². The van der Waals surface area contributed by atoms with Crippen molar-refractivity contribution in [1.29, 1.82) is 0 Å². The zero-order valence-corrected chi connectivity index (χ0v) is 38.6. The van der Waals surface area contributed by atoms with E-state index in [0.29, 0.717) is 0 Å². The van der Waals surface area contributed by atoms with Crippen molar-refractivity contribution in [3.05, 3.63) is 235 Å². The maximum atomic E-state index is 6.27. The first-order valence-corrected chi connectivity index (χ1v) is 23.0. The summed E-state index contributed by atoms with van der Waals surface area (Å²) in [7, 11) is 0. The second kappa shape index (κ2) is 20.2. The maximum absolute atomic E-state index is 6.27. The van der Waals surface area contributed by atoms with Gasteiger partial charge in [0.1, 0.15) is 11.2 Å². The Morgan fingerprint density at radius 2 is 0.708 bits per heavy atom. The molecule has 0 amide bonds. The molecule has 320 valence electrons. The van der Waals surface area contributed by atoms with Crippen LogP contribution in [-0.4, -0.2) is 0 Å². The molecule has 0 saturated carbocycles. The van der Waals surface area contributed by atoms with Crippen LogP contribution in [0.5, 0.6) is 0 Å². The van der Waals surface area contributed by atoms with Gasteiger partial charge in [-0.15, -0.1) is 0 Å². The van der Waals surface area contributed by atoms with Crippen molar-refractivity contribution in [1.82, 2.24) is 0 Å². The molecule has 0 aliphatic heterocycles. The van der Waals surface area contributed by atoms with Gasteiger partial charge in [0, 0.05) is 27.2 Å². The summed E-state index contributed by atoms with van der Waals surface area (Å²) in [5.41, 5.74) is 16.6. The molecule has 0 aliphatic carbocycles. The third-order valence-corrected chi connectivity index (χ3v) is 11.9. The Labute approximate surface area is 385 Å². The molecule has 1 heterocycles. The maximum Gasteiger partial charge on any atom is 0.135 e. The summed E-state index contributed by atoms with van der Waals surface area (Å²) in [6.45, 7) is 14.4. The summed E-state index contributed by atoms with van der Waals surface area (Å²) in [4.78, 5) is 2.40. The fourth-order valence-electron chi connectivity index (χ4n) is 8.65. The fraction of sp³-hybridized carbons (Fsp3) is 0.111. The van der Waals surface area contributed by atoms with Gasteiger partial charge in [0.05, 0.1) is 11.4 Å². The molecule has 0 unspecified atom stereocenters. The van der Waals surface area contributed by atoms with Gasteiger partial charge in [-0.3, -0.25) is 0 Å². The predicted octanol–water partition coefficient (Wildman–Crippen LogP) is 19.0. The molecule has 65 heavy (non-hydrogen) atoms. The molecule has 0 radical (unpaired) electrons. The highest BCUT2D eigenvalue weighted by atomic mass is 16.3. The summed E-state index contributed by atoms with van der Waals surface area (Å²) >= 11 is 0. The third kappa shape index (κ3) is 9.21. The first kappa shape index (κ1) is 43.9. The third-order valence-electron chi connectivity index (χ3n) is 11.9. The van der Waals surface area contributed by atoms with Crippen LogP contribution in [0.3, 0.4) is 0 Å². The fourth-order valence-corrected chi connectivity index (χ4v) is 8.65. The molecule has 0 spiro atoms. The van der Waals surface area contributed by atoms with Gasteiger partial charge in [0.15, 0.2) is 0 Å². The van der Waals surface area contributed by atoms with Crippen LogP contribution in [0.2, 0.25) is 0 Å². The van der Waals surface area contributed by atoms with E-state index in [1.54, 1.807) is 0 Å². The number of hydrogen-bond donors (Lipinski definition) is 0. The molecule has 2 nitrogen and oxygen atoms in total. The zero-order chi connectivity index (χ0) is 45.3. The van der Waals surface area contributed by atoms with Gasteiger partial charge >= 0.3 is 0 Å². The second-order valence-corrected chi connectivity index (χ2v) is 15.9. The highest BCUT2D eigenvalue weighted by molar-refractivity contribution is 6.08. The van der Waals surface area contributed by atoms with Gasteiger partial charge in [0.25, 0.3) is 0 Å². The van der Waals surface area contributed by atoms with Gasteiger partial charge in [-0.1, -0.05) is 203 Å². The number of nitrogens with zero attached hydrogens (tertiary/aromatic N) is 1. The molecule has 0 bridgehead atoms. The highest BCUT2D eigenvalue weighted by Gasteiger charge is 2.18. The van der Waals surface area contributed by atoms with Crippen LogP contribution < -0.4 is 4.90 Å². The van der Waals surface area contributed by atoms with Crippen LogP contribution >= 0.6 is 0 Å². The smallest absolute Gasteiger partial charge is 0.135 e. The van der Waals surface area contributed by atoms with Crippen LogP contribution in [0.15, 0.2) is 223 Å². The molecule has 0 saturated heterocycles. The molecule has 2 heteroatoms. The topological polar surface area (TPSA) is 16.4 Å². The molecule has 0 fully saturated rings. The van der Waals surface area contributed by atoms with E-state index in [4.69, 9.17) is 4.42 Å². The molecule has 11 aromatic rings. The van der Waals surface area contributed by atoms with Crippen molar-refractivity contribution >= 4 is 60.5 Å². The summed E-state index contributed by atoms with van der Waals surface area (Å²) in [6, 6.07) is 78.0. The largest absolute Gasteiger partial charge is 0.456 e. The van der Waals surface area contributed by atoms with Gasteiger partial charge in [0.2, 0.25) is 0 Å². The molecule has 10 aromatic carbocycles. The van der Waals surface area contributed by atoms with E-state index >= 15 is 0 Å². The van der Waals surface area contributed by atoms with Crippen molar-refractivity contribution in [3.8, 4) is 33.4 Å². The Balaban J connectivity index is 0.000000271. The SMILES string of the molecule is CC.CC.Cc1ccc(-c2ccc3oc4ccc(-c5ccc(N(c6cccc7ccccc67)c6cccc7ccccc67)cc5)cc4c3c2)cc1.Cc1ccccc1-c1ccccc1C. The molecule has 0 N–H and O–H groups in total. The number of benzene rings is 10. The minimum Gasteiger partial charge on any atom is -0.456 e. The lowest BCUT2D eigenvalue weighted by molar-refractivity contribution is 0.669. The average Bonchev–Trinajstić information content (AvgIpc) is 3.74. The number of rotatable bonds is 6. The van der Waals surface area contributed by atoms with Crippen molar-refractivity contribution in [2.75, 3.05) is 4.90 Å². The predicted molar refractivity (Wildman–Crippen MR) is 283 cm³/mol. The highest BCUT2D eigenvalue weighted by Crippen LogP contribution is 2.43. The number of fused-ring (bicyclic) bond motifs is 5. The number of furan rings is 1. The van der Waals surface area contributed by atoms with Gasteiger partial charge in [-0.2, -0.15) is 0 Å². The van der Waals surface area contributed by atoms with Crippen molar-refractivity contribution < 1.29 is 4.42 Å². The van der Waals surface area contributed by atoms with Crippen molar-refractivity contribution in [2.24, 2.45) is 0 Å². The molecule has 0 aliphatic rings. The first-order valence-electron chi connectivity index (χ1n) is 23.0. The first-order chi connectivity index (χ1) is 32.0. The zero-order valence-electron chi connectivity index (χ0n) is 38.6. The number of hydrogen-bond acceptors (Lipinski definition) is 2. The van der Waals surface area contributed by atoms with E-state index in [-0.39, 0.29) is 0 Å².